The Labute approximate surface area is 105 Å². The van der Waals surface area contributed by atoms with Crippen molar-refractivity contribution in [3.63, 3.8) is 0 Å². The number of rotatable bonds is 2. The molecule has 5 nitrogen and oxygen atoms in total. The third-order valence-corrected chi connectivity index (χ3v) is 3.80. The Morgan fingerprint density at radius 3 is 2.39 bits per heavy atom. The summed E-state index contributed by atoms with van der Waals surface area (Å²) in [5.74, 6) is 0.638. The highest BCUT2D eigenvalue weighted by Crippen LogP contribution is 2.52. The maximum atomic E-state index is 9.21. The first-order valence-electron chi connectivity index (χ1n) is 6.03. The molecule has 0 amide bonds. The van der Waals surface area contributed by atoms with E-state index in [0.717, 1.165) is 18.4 Å². The Kier molecular flexibility index (Phi) is 2.47. The highest BCUT2D eigenvalue weighted by Gasteiger charge is 2.59. The second kappa shape index (κ2) is 4.01. The Balaban J connectivity index is 1.86. The average Bonchev–Trinajstić information content (AvgIpc) is 3.12. The van der Waals surface area contributed by atoms with E-state index in [4.69, 9.17) is 5.21 Å². The summed E-state index contributed by atoms with van der Waals surface area (Å²) in [5.41, 5.74) is 1.57. The summed E-state index contributed by atoms with van der Waals surface area (Å²) in [6.07, 6.45) is 1.80. The summed E-state index contributed by atoms with van der Waals surface area (Å²) in [4.78, 5) is 1.97. The molecule has 1 saturated heterocycles. The van der Waals surface area contributed by atoms with Gasteiger partial charge in [0.15, 0.2) is 5.84 Å². The van der Waals surface area contributed by atoms with Gasteiger partial charge in [0.1, 0.15) is 0 Å². The fraction of sp³-hybridized carbons (Fsp3) is 0.385. The number of benzene rings is 1. The predicted octanol–water partition coefficient (Wildman–Crippen LogP) is 1.90. The second-order valence-corrected chi connectivity index (χ2v) is 4.89. The molecule has 2 N–H and O–H groups in total. The fourth-order valence-corrected chi connectivity index (χ4v) is 2.70. The zero-order valence-corrected chi connectivity index (χ0v) is 9.95. The lowest BCUT2D eigenvalue weighted by molar-refractivity contribution is 0.301. The van der Waals surface area contributed by atoms with E-state index < -0.39 is 0 Å². The number of amidine groups is 1. The lowest BCUT2D eigenvalue weighted by Gasteiger charge is -2.18. The topological polar surface area (TPSA) is 68.4 Å². The van der Waals surface area contributed by atoms with E-state index >= 15 is 0 Å². The molecule has 1 saturated carbocycles. The zero-order valence-electron chi connectivity index (χ0n) is 9.95. The van der Waals surface area contributed by atoms with E-state index in [2.05, 4.69) is 10.3 Å². The van der Waals surface area contributed by atoms with Gasteiger partial charge in [-0.05, 0) is 18.4 Å². The minimum Gasteiger partial charge on any atom is -0.411 e. The quantitative estimate of drug-likeness (QED) is 0.617. The molecule has 1 heterocycles. The lowest BCUT2D eigenvalue weighted by atomic mass is 10.0. The molecule has 0 bridgehead atoms. The highest BCUT2D eigenvalue weighted by molar-refractivity contribution is 6.19. The molecule has 1 aliphatic heterocycles. The summed E-state index contributed by atoms with van der Waals surface area (Å²) in [7, 11) is 0. The van der Waals surface area contributed by atoms with Crippen LogP contribution in [-0.2, 0) is 6.54 Å². The van der Waals surface area contributed by atoms with Gasteiger partial charge in [-0.15, -0.1) is 0 Å². The standard InChI is InChI=1S/C13H15N3O2/c17-14-11-9-16(8-10-4-2-1-3-5-10)12(15-18)13(11)6-7-13/h1-5,17-18H,6-9H2. The van der Waals surface area contributed by atoms with Crippen LogP contribution in [0.4, 0.5) is 0 Å². The molecular formula is C13H15N3O2. The van der Waals surface area contributed by atoms with Gasteiger partial charge in [0.2, 0.25) is 0 Å². The van der Waals surface area contributed by atoms with Crippen LogP contribution in [-0.4, -0.2) is 33.4 Å². The molecule has 2 aliphatic rings. The van der Waals surface area contributed by atoms with Crippen molar-refractivity contribution in [2.45, 2.75) is 19.4 Å². The third-order valence-electron chi connectivity index (χ3n) is 3.80. The van der Waals surface area contributed by atoms with Gasteiger partial charge in [-0.2, -0.15) is 0 Å². The van der Waals surface area contributed by atoms with Gasteiger partial charge >= 0.3 is 0 Å². The van der Waals surface area contributed by atoms with Crippen molar-refractivity contribution in [3.8, 4) is 0 Å². The summed E-state index contributed by atoms with van der Waals surface area (Å²) in [6.45, 7) is 1.20. The van der Waals surface area contributed by atoms with Gasteiger partial charge in [0.25, 0.3) is 0 Å². The van der Waals surface area contributed by atoms with Crippen molar-refractivity contribution in [1.29, 1.82) is 0 Å². The van der Waals surface area contributed by atoms with Gasteiger partial charge < -0.3 is 15.3 Å². The van der Waals surface area contributed by atoms with Gasteiger partial charge in [-0.1, -0.05) is 40.6 Å². The number of hydrogen-bond donors (Lipinski definition) is 2. The number of nitrogens with zero attached hydrogens (tertiary/aromatic N) is 3. The van der Waals surface area contributed by atoms with Crippen LogP contribution in [0.3, 0.4) is 0 Å². The number of likely N-dealkylation sites (tertiary alicyclic amines) is 1. The van der Waals surface area contributed by atoms with E-state index in [0.29, 0.717) is 24.6 Å². The van der Waals surface area contributed by atoms with Crippen LogP contribution in [0.15, 0.2) is 40.6 Å². The number of oxime groups is 2. The summed E-state index contributed by atoms with van der Waals surface area (Å²) >= 11 is 0. The van der Waals surface area contributed by atoms with Crippen LogP contribution in [0.1, 0.15) is 18.4 Å². The van der Waals surface area contributed by atoms with Gasteiger partial charge in [-0.25, -0.2) is 0 Å². The summed E-state index contributed by atoms with van der Waals surface area (Å²) in [6, 6.07) is 9.99. The summed E-state index contributed by atoms with van der Waals surface area (Å²) in [5, 5.41) is 25.1. The van der Waals surface area contributed by atoms with E-state index in [9.17, 15) is 5.21 Å². The van der Waals surface area contributed by atoms with E-state index in [1.54, 1.807) is 0 Å². The lowest BCUT2D eigenvalue weighted by Crippen LogP contribution is -2.27. The van der Waals surface area contributed by atoms with E-state index in [1.165, 1.54) is 0 Å². The normalized spacial score (nSPS) is 25.2. The van der Waals surface area contributed by atoms with Crippen molar-refractivity contribution in [3.05, 3.63) is 35.9 Å². The maximum Gasteiger partial charge on any atom is 0.157 e. The Morgan fingerprint density at radius 1 is 1.11 bits per heavy atom. The molecule has 2 fully saturated rings. The molecule has 3 rings (SSSR count). The largest absolute Gasteiger partial charge is 0.411 e. The molecule has 5 heteroatoms. The van der Waals surface area contributed by atoms with E-state index in [-0.39, 0.29) is 5.41 Å². The van der Waals surface area contributed by atoms with Crippen molar-refractivity contribution in [2.75, 3.05) is 6.54 Å². The van der Waals surface area contributed by atoms with Crippen molar-refractivity contribution in [2.24, 2.45) is 15.7 Å². The molecular weight excluding hydrogens is 230 g/mol. The van der Waals surface area contributed by atoms with Crippen molar-refractivity contribution < 1.29 is 10.4 Å². The molecule has 1 spiro atoms. The Hall–Kier alpha value is -2.04. The van der Waals surface area contributed by atoms with Gasteiger partial charge in [0.05, 0.1) is 17.7 Å². The first-order chi connectivity index (χ1) is 8.80. The van der Waals surface area contributed by atoms with Crippen LogP contribution in [0, 0.1) is 5.41 Å². The molecule has 0 unspecified atom stereocenters. The van der Waals surface area contributed by atoms with E-state index in [1.807, 2.05) is 35.2 Å². The van der Waals surface area contributed by atoms with Crippen molar-refractivity contribution in [1.82, 2.24) is 4.90 Å². The molecule has 1 aromatic rings. The number of hydrogen-bond acceptors (Lipinski definition) is 4. The molecule has 94 valence electrons. The molecule has 1 aliphatic carbocycles. The molecule has 0 atom stereocenters. The SMILES string of the molecule is ON=C1CN(Cc2ccccc2)C(=NO)C12CC2. The summed E-state index contributed by atoms with van der Waals surface area (Å²) < 4.78 is 0. The average molecular weight is 245 g/mol. The first-order valence-corrected chi connectivity index (χ1v) is 6.03. The van der Waals surface area contributed by atoms with Crippen LogP contribution < -0.4 is 0 Å². The predicted molar refractivity (Wildman–Crippen MR) is 67.0 cm³/mol. The molecule has 18 heavy (non-hydrogen) atoms. The van der Waals surface area contributed by atoms with Crippen LogP contribution >= 0.6 is 0 Å². The Bertz CT molecular complexity index is 506. The van der Waals surface area contributed by atoms with Crippen molar-refractivity contribution >= 4 is 11.5 Å². The molecule has 0 radical (unpaired) electrons. The third kappa shape index (κ3) is 1.54. The van der Waals surface area contributed by atoms with Gasteiger partial charge in [-0.3, -0.25) is 0 Å². The van der Waals surface area contributed by atoms with Crippen LogP contribution in [0.5, 0.6) is 0 Å². The Morgan fingerprint density at radius 2 is 1.83 bits per heavy atom. The van der Waals surface area contributed by atoms with Crippen LogP contribution in [0.25, 0.3) is 0 Å². The molecule has 1 aromatic carbocycles. The zero-order chi connectivity index (χ0) is 12.6. The van der Waals surface area contributed by atoms with Crippen LogP contribution in [0.2, 0.25) is 0 Å². The minimum absolute atomic E-state index is 0.293. The van der Waals surface area contributed by atoms with Gasteiger partial charge in [0, 0.05) is 6.54 Å². The fourth-order valence-electron chi connectivity index (χ4n) is 2.70. The minimum atomic E-state index is -0.293. The first kappa shape index (κ1) is 11.1. The maximum absolute atomic E-state index is 9.21. The monoisotopic (exact) mass is 245 g/mol. The second-order valence-electron chi connectivity index (χ2n) is 4.89. The molecule has 0 aromatic heterocycles. The highest BCUT2D eigenvalue weighted by atomic mass is 16.4. The smallest absolute Gasteiger partial charge is 0.157 e.